The van der Waals surface area contributed by atoms with Crippen molar-refractivity contribution in [3.05, 3.63) is 77.3 Å². The van der Waals surface area contributed by atoms with Crippen LogP contribution in [0.2, 0.25) is 5.02 Å². The Morgan fingerprint density at radius 2 is 1.96 bits per heavy atom. The van der Waals surface area contributed by atoms with Crippen molar-refractivity contribution >= 4 is 44.7 Å². The highest BCUT2D eigenvalue weighted by atomic mass is 35.5. The highest BCUT2D eigenvalue weighted by molar-refractivity contribution is 7.21. The van der Waals surface area contributed by atoms with E-state index in [-0.39, 0.29) is 5.91 Å². The smallest absolute Gasteiger partial charge is 0.255 e. The van der Waals surface area contributed by atoms with E-state index in [9.17, 15) is 4.79 Å². The van der Waals surface area contributed by atoms with Gasteiger partial charge in [-0.1, -0.05) is 29.8 Å². The second-order valence-corrected chi connectivity index (χ2v) is 7.56. The lowest BCUT2D eigenvalue weighted by Gasteiger charge is -2.11. The largest absolute Gasteiger partial charge is 0.494 e. The average Bonchev–Trinajstić information content (AvgIpc) is 3.14. The maximum atomic E-state index is 12.8. The number of benzene rings is 3. The van der Waals surface area contributed by atoms with Gasteiger partial charge in [-0.15, -0.1) is 11.3 Å². The van der Waals surface area contributed by atoms with Crippen LogP contribution in [-0.2, 0) is 0 Å². The number of halogens is 1. The van der Waals surface area contributed by atoms with Crippen LogP contribution in [0.5, 0.6) is 5.75 Å². The van der Waals surface area contributed by atoms with Crippen LogP contribution in [0.4, 0.5) is 5.69 Å². The van der Waals surface area contributed by atoms with Gasteiger partial charge in [0, 0.05) is 16.1 Å². The maximum Gasteiger partial charge on any atom is 0.255 e. The summed E-state index contributed by atoms with van der Waals surface area (Å²) in [6, 6.07) is 20.4. The van der Waals surface area contributed by atoms with Crippen molar-refractivity contribution in [2.45, 2.75) is 6.92 Å². The minimum atomic E-state index is -0.216. The molecule has 4 rings (SSSR count). The third-order valence-corrected chi connectivity index (χ3v) is 5.47. The van der Waals surface area contributed by atoms with Crippen LogP contribution in [-0.4, -0.2) is 17.5 Å². The number of thiazole rings is 1. The molecule has 0 spiro atoms. The molecule has 0 bridgehead atoms. The Balaban J connectivity index is 1.68. The zero-order valence-corrected chi connectivity index (χ0v) is 16.7. The number of nitrogens with zero attached hydrogens (tertiary/aromatic N) is 1. The van der Waals surface area contributed by atoms with Crippen LogP contribution in [0.15, 0.2) is 66.7 Å². The fourth-order valence-electron chi connectivity index (χ4n) is 2.88. The summed E-state index contributed by atoms with van der Waals surface area (Å²) in [5.74, 6) is 0.448. The van der Waals surface area contributed by atoms with E-state index in [1.54, 1.807) is 41.7 Å². The van der Waals surface area contributed by atoms with Crippen molar-refractivity contribution in [3.8, 4) is 16.3 Å². The van der Waals surface area contributed by atoms with Crippen LogP contribution in [0.1, 0.15) is 17.3 Å². The van der Waals surface area contributed by atoms with Crippen molar-refractivity contribution in [1.29, 1.82) is 0 Å². The number of aromatic nitrogens is 1. The predicted molar refractivity (Wildman–Crippen MR) is 116 cm³/mol. The van der Waals surface area contributed by atoms with Crippen molar-refractivity contribution in [2.75, 3.05) is 11.9 Å². The second-order valence-electron chi connectivity index (χ2n) is 6.09. The molecule has 1 amide bonds. The Bertz CT molecular complexity index is 1120. The molecule has 0 aliphatic heterocycles. The highest BCUT2D eigenvalue weighted by Crippen LogP contribution is 2.36. The summed E-state index contributed by atoms with van der Waals surface area (Å²) in [7, 11) is 0. The number of rotatable bonds is 5. The molecule has 28 heavy (non-hydrogen) atoms. The summed E-state index contributed by atoms with van der Waals surface area (Å²) in [6.45, 7) is 2.45. The van der Waals surface area contributed by atoms with Crippen LogP contribution in [0.25, 0.3) is 20.8 Å². The van der Waals surface area contributed by atoms with Crippen LogP contribution < -0.4 is 10.1 Å². The van der Waals surface area contributed by atoms with E-state index in [4.69, 9.17) is 21.3 Å². The number of carbonyl (C=O) groups excluding carboxylic acids is 1. The number of para-hydroxylation sites is 1. The predicted octanol–water partition coefficient (Wildman–Crippen LogP) is 6.27. The number of fused-ring (bicyclic) bond motifs is 1. The number of hydrogen-bond donors (Lipinski definition) is 1. The number of amides is 1. The van der Waals surface area contributed by atoms with E-state index in [0.29, 0.717) is 28.6 Å². The highest BCUT2D eigenvalue weighted by Gasteiger charge is 2.15. The molecule has 0 saturated carbocycles. The van der Waals surface area contributed by atoms with E-state index in [1.165, 1.54) is 0 Å². The molecule has 6 heteroatoms. The molecule has 0 saturated heterocycles. The molecule has 1 aromatic heterocycles. The van der Waals surface area contributed by atoms with Gasteiger partial charge in [-0.3, -0.25) is 4.79 Å². The van der Waals surface area contributed by atoms with Crippen LogP contribution >= 0.6 is 22.9 Å². The van der Waals surface area contributed by atoms with E-state index >= 15 is 0 Å². The van der Waals surface area contributed by atoms with Crippen LogP contribution in [0, 0.1) is 0 Å². The number of carbonyl (C=O) groups is 1. The Hall–Kier alpha value is -2.89. The Morgan fingerprint density at radius 1 is 1.11 bits per heavy atom. The third-order valence-electron chi connectivity index (χ3n) is 4.16. The quantitative estimate of drug-likeness (QED) is 0.423. The number of ether oxygens (including phenoxy) is 1. The molecule has 1 heterocycles. The molecule has 0 fully saturated rings. The molecule has 0 aliphatic rings. The van der Waals surface area contributed by atoms with Gasteiger partial charge in [0.05, 0.1) is 22.5 Å². The van der Waals surface area contributed by atoms with Gasteiger partial charge in [0.25, 0.3) is 5.91 Å². The zero-order valence-electron chi connectivity index (χ0n) is 15.1. The fourth-order valence-corrected chi connectivity index (χ4v) is 4.05. The zero-order chi connectivity index (χ0) is 19.5. The molecule has 3 aromatic carbocycles. The molecule has 140 valence electrons. The summed E-state index contributed by atoms with van der Waals surface area (Å²) >= 11 is 7.79. The fraction of sp³-hybridized carbons (Fsp3) is 0.0909. The van der Waals surface area contributed by atoms with Gasteiger partial charge in [0.15, 0.2) is 0 Å². The Kier molecular flexibility index (Phi) is 5.28. The summed E-state index contributed by atoms with van der Waals surface area (Å²) in [5, 5.41) is 4.38. The first-order chi connectivity index (χ1) is 13.6. The monoisotopic (exact) mass is 408 g/mol. The molecule has 1 N–H and O–H groups in total. The molecule has 0 unspecified atom stereocenters. The lowest BCUT2D eigenvalue weighted by Crippen LogP contribution is -2.12. The van der Waals surface area contributed by atoms with Gasteiger partial charge >= 0.3 is 0 Å². The number of hydrogen-bond acceptors (Lipinski definition) is 4. The SMILES string of the molecule is CCOc1cccc(C(=O)Nc2ccc(Cl)cc2-c2nc3ccccc3s2)c1. The molecule has 0 aliphatic carbocycles. The number of nitrogens with one attached hydrogen (secondary N) is 1. The second kappa shape index (κ2) is 8.00. The first kappa shape index (κ1) is 18.5. The molecule has 0 radical (unpaired) electrons. The van der Waals surface area contributed by atoms with Crippen molar-refractivity contribution in [2.24, 2.45) is 0 Å². The van der Waals surface area contributed by atoms with E-state index in [2.05, 4.69) is 5.32 Å². The van der Waals surface area contributed by atoms with E-state index in [1.807, 2.05) is 43.3 Å². The molecular weight excluding hydrogens is 392 g/mol. The minimum absolute atomic E-state index is 0.216. The lowest BCUT2D eigenvalue weighted by atomic mass is 10.1. The van der Waals surface area contributed by atoms with Gasteiger partial charge in [0.2, 0.25) is 0 Å². The summed E-state index contributed by atoms with van der Waals surface area (Å²) in [4.78, 5) is 17.5. The van der Waals surface area contributed by atoms with Gasteiger partial charge in [-0.25, -0.2) is 4.98 Å². The Morgan fingerprint density at radius 3 is 2.79 bits per heavy atom. The molecule has 0 atom stereocenters. The van der Waals surface area contributed by atoms with Gasteiger partial charge < -0.3 is 10.1 Å². The maximum absolute atomic E-state index is 12.8. The normalized spacial score (nSPS) is 10.8. The summed E-state index contributed by atoms with van der Waals surface area (Å²) in [6.07, 6.45) is 0. The van der Waals surface area contributed by atoms with Gasteiger partial charge in [-0.05, 0) is 55.5 Å². The van der Waals surface area contributed by atoms with E-state index in [0.717, 1.165) is 20.8 Å². The molecular formula is C22H17ClN2O2S. The third kappa shape index (κ3) is 3.86. The van der Waals surface area contributed by atoms with Crippen molar-refractivity contribution in [1.82, 2.24) is 4.98 Å². The van der Waals surface area contributed by atoms with Crippen molar-refractivity contribution in [3.63, 3.8) is 0 Å². The van der Waals surface area contributed by atoms with Crippen molar-refractivity contribution < 1.29 is 9.53 Å². The molecule has 4 aromatic rings. The average molecular weight is 409 g/mol. The minimum Gasteiger partial charge on any atom is -0.494 e. The standard InChI is InChI=1S/C22H17ClN2O2S/c1-2-27-16-7-5-6-14(12-16)21(26)24-18-11-10-15(23)13-17(18)22-25-19-8-3-4-9-20(19)28-22/h3-13H,2H2,1H3,(H,24,26). The lowest BCUT2D eigenvalue weighted by molar-refractivity contribution is 0.102. The number of anilines is 1. The van der Waals surface area contributed by atoms with Crippen LogP contribution in [0.3, 0.4) is 0 Å². The van der Waals surface area contributed by atoms with E-state index < -0.39 is 0 Å². The first-order valence-corrected chi connectivity index (χ1v) is 10.0. The van der Waals surface area contributed by atoms with Gasteiger partial charge in [-0.2, -0.15) is 0 Å². The van der Waals surface area contributed by atoms with Gasteiger partial charge in [0.1, 0.15) is 10.8 Å². The first-order valence-electron chi connectivity index (χ1n) is 8.84. The summed E-state index contributed by atoms with van der Waals surface area (Å²) in [5.41, 5.74) is 2.90. The topological polar surface area (TPSA) is 51.2 Å². The Labute approximate surface area is 171 Å². The summed E-state index contributed by atoms with van der Waals surface area (Å²) < 4.78 is 6.57. The molecule has 4 nitrogen and oxygen atoms in total.